The molecule has 6 N–H and O–H groups in total. The standard InChI is InChI=1S/C20H17N3O/c21-13-9-7-12(8-10-13)20(24)17-14-5-1-3-11-4-2-6-15(16(11)14)18(22)19(17)23/h1-10,18H,21-23H2. The first-order valence-corrected chi connectivity index (χ1v) is 7.75. The van der Waals surface area contributed by atoms with Gasteiger partial charge in [0.2, 0.25) is 0 Å². The lowest BCUT2D eigenvalue weighted by Crippen LogP contribution is -2.26. The predicted octanol–water partition coefficient (Wildman–Crippen LogP) is 2.99. The summed E-state index contributed by atoms with van der Waals surface area (Å²) in [5.74, 6) is -0.134. The van der Waals surface area contributed by atoms with Crippen molar-refractivity contribution in [1.82, 2.24) is 0 Å². The van der Waals surface area contributed by atoms with Gasteiger partial charge in [-0.2, -0.15) is 0 Å². The minimum absolute atomic E-state index is 0.134. The van der Waals surface area contributed by atoms with Crippen LogP contribution in [0.3, 0.4) is 0 Å². The van der Waals surface area contributed by atoms with Gasteiger partial charge in [-0.15, -0.1) is 0 Å². The first-order chi connectivity index (χ1) is 11.6. The van der Waals surface area contributed by atoms with Gasteiger partial charge >= 0.3 is 0 Å². The summed E-state index contributed by atoms with van der Waals surface area (Å²) in [5.41, 5.74) is 22.2. The molecule has 0 spiro atoms. The Kier molecular flexibility index (Phi) is 3.15. The predicted molar refractivity (Wildman–Crippen MR) is 97.2 cm³/mol. The molecule has 118 valence electrons. The molecule has 1 unspecified atom stereocenters. The van der Waals surface area contributed by atoms with E-state index in [0.717, 1.165) is 21.9 Å². The number of allylic oxidation sites excluding steroid dienone is 1. The lowest BCUT2D eigenvalue weighted by Gasteiger charge is -2.26. The number of anilines is 1. The molecule has 0 saturated carbocycles. The van der Waals surface area contributed by atoms with Crippen molar-refractivity contribution in [2.45, 2.75) is 6.04 Å². The molecule has 0 heterocycles. The van der Waals surface area contributed by atoms with Gasteiger partial charge in [-0.3, -0.25) is 4.79 Å². The van der Waals surface area contributed by atoms with Crippen LogP contribution in [-0.4, -0.2) is 5.78 Å². The van der Waals surface area contributed by atoms with Crippen LogP contribution in [0.1, 0.15) is 27.5 Å². The minimum Gasteiger partial charge on any atom is -0.400 e. The molecule has 0 aromatic heterocycles. The van der Waals surface area contributed by atoms with Gasteiger partial charge in [-0.25, -0.2) is 0 Å². The number of hydrogen-bond acceptors (Lipinski definition) is 4. The minimum atomic E-state index is -0.490. The van der Waals surface area contributed by atoms with Gasteiger partial charge in [0.15, 0.2) is 5.78 Å². The van der Waals surface area contributed by atoms with E-state index in [9.17, 15) is 4.79 Å². The van der Waals surface area contributed by atoms with Gasteiger partial charge < -0.3 is 17.2 Å². The maximum atomic E-state index is 13.1. The van der Waals surface area contributed by atoms with Crippen molar-refractivity contribution in [2.24, 2.45) is 11.5 Å². The summed E-state index contributed by atoms with van der Waals surface area (Å²) in [5, 5.41) is 2.05. The first-order valence-electron chi connectivity index (χ1n) is 7.75. The number of carbonyl (C=O) groups excluding carboxylic acids is 1. The Hall–Kier alpha value is -3.11. The van der Waals surface area contributed by atoms with Crippen LogP contribution in [-0.2, 0) is 0 Å². The van der Waals surface area contributed by atoms with E-state index in [4.69, 9.17) is 17.2 Å². The second kappa shape index (κ2) is 5.22. The zero-order valence-corrected chi connectivity index (χ0v) is 13.0. The molecule has 0 saturated heterocycles. The van der Waals surface area contributed by atoms with E-state index in [2.05, 4.69) is 0 Å². The van der Waals surface area contributed by atoms with E-state index < -0.39 is 6.04 Å². The van der Waals surface area contributed by atoms with Crippen LogP contribution in [0.15, 0.2) is 66.4 Å². The maximum absolute atomic E-state index is 13.1. The third kappa shape index (κ3) is 2.01. The molecule has 0 aliphatic heterocycles. The van der Waals surface area contributed by atoms with Gasteiger partial charge in [-0.1, -0.05) is 36.4 Å². The molecule has 1 atom stereocenters. The van der Waals surface area contributed by atoms with E-state index in [1.54, 1.807) is 24.3 Å². The van der Waals surface area contributed by atoms with Crippen molar-refractivity contribution in [3.63, 3.8) is 0 Å². The molecule has 4 nitrogen and oxygen atoms in total. The van der Waals surface area contributed by atoms with E-state index in [1.807, 2.05) is 36.4 Å². The molecular weight excluding hydrogens is 298 g/mol. The molecule has 4 rings (SSSR count). The van der Waals surface area contributed by atoms with Crippen molar-refractivity contribution in [2.75, 3.05) is 5.73 Å². The van der Waals surface area contributed by atoms with Crippen molar-refractivity contribution < 1.29 is 4.79 Å². The molecule has 3 aromatic carbocycles. The third-order valence-corrected chi connectivity index (χ3v) is 4.56. The number of hydrogen-bond donors (Lipinski definition) is 3. The number of carbonyl (C=O) groups is 1. The van der Waals surface area contributed by atoms with Crippen molar-refractivity contribution in [3.8, 4) is 0 Å². The molecule has 0 fully saturated rings. The van der Waals surface area contributed by atoms with Crippen molar-refractivity contribution >= 4 is 27.8 Å². The van der Waals surface area contributed by atoms with Gasteiger partial charge in [-0.05, 0) is 46.2 Å². The van der Waals surface area contributed by atoms with Crippen molar-refractivity contribution in [1.29, 1.82) is 0 Å². The quantitative estimate of drug-likeness (QED) is 0.500. The fourth-order valence-corrected chi connectivity index (χ4v) is 3.35. The molecule has 1 aliphatic carbocycles. The van der Waals surface area contributed by atoms with Crippen LogP contribution < -0.4 is 17.2 Å². The topological polar surface area (TPSA) is 95.1 Å². The summed E-state index contributed by atoms with van der Waals surface area (Å²) < 4.78 is 0. The number of nitrogen functional groups attached to an aromatic ring is 1. The normalized spacial score (nSPS) is 16.5. The van der Waals surface area contributed by atoms with Gasteiger partial charge in [0.1, 0.15) is 0 Å². The highest BCUT2D eigenvalue weighted by molar-refractivity contribution is 6.32. The highest BCUT2D eigenvalue weighted by atomic mass is 16.1. The highest BCUT2D eigenvalue weighted by Gasteiger charge is 2.29. The Labute approximate surface area is 139 Å². The first kappa shape index (κ1) is 14.5. The Balaban J connectivity index is 1.97. The summed E-state index contributed by atoms with van der Waals surface area (Å²) in [6.07, 6.45) is 0. The van der Waals surface area contributed by atoms with E-state index in [0.29, 0.717) is 22.5 Å². The Bertz CT molecular complexity index is 998. The van der Waals surface area contributed by atoms with Crippen molar-refractivity contribution in [3.05, 3.63) is 83.1 Å². The molecule has 24 heavy (non-hydrogen) atoms. The number of nitrogens with two attached hydrogens (primary N) is 3. The van der Waals surface area contributed by atoms with Crippen LogP contribution >= 0.6 is 0 Å². The summed E-state index contributed by atoms with van der Waals surface area (Å²) in [6, 6.07) is 18.2. The molecule has 1 aliphatic rings. The average molecular weight is 315 g/mol. The lowest BCUT2D eigenvalue weighted by molar-refractivity contribution is 0.105. The zero-order chi connectivity index (χ0) is 16.8. The zero-order valence-electron chi connectivity index (χ0n) is 13.0. The van der Waals surface area contributed by atoms with Crippen LogP contribution in [0.5, 0.6) is 0 Å². The van der Waals surface area contributed by atoms with E-state index in [1.165, 1.54) is 0 Å². The molecule has 0 amide bonds. The van der Waals surface area contributed by atoms with E-state index in [-0.39, 0.29) is 5.78 Å². The second-order valence-electron chi connectivity index (χ2n) is 6.01. The smallest absolute Gasteiger partial charge is 0.195 e. The Morgan fingerprint density at radius 1 is 0.875 bits per heavy atom. The number of benzene rings is 3. The maximum Gasteiger partial charge on any atom is 0.195 e. The molecule has 3 aromatic rings. The summed E-state index contributed by atoms with van der Waals surface area (Å²) in [7, 11) is 0. The molecule has 4 heteroatoms. The largest absolute Gasteiger partial charge is 0.400 e. The third-order valence-electron chi connectivity index (χ3n) is 4.56. The lowest BCUT2D eigenvalue weighted by atomic mass is 9.81. The fraction of sp³-hybridized carbons (Fsp3) is 0.0500. The summed E-state index contributed by atoms with van der Waals surface area (Å²) in [6.45, 7) is 0. The molecule has 0 radical (unpaired) electrons. The van der Waals surface area contributed by atoms with Gasteiger partial charge in [0, 0.05) is 16.9 Å². The monoisotopic (exact) mass is 315 g/mol. The number of Topliss-reactive ketones (excluding diaryl/α,β-unsaturated/α-hetero) is 1. The Morgan fingerprint density at radius 2 is 1.54 bits per heavy atom. The SMILES string of the molecule is NC1=C(C(=O)c2ccc(N)cc2)c2cccc3cccc(c23)C1N. The van der Waals surface area contributed by atoms with Gasteiger partial charge in [0.25, 0.3) is 0 Å². The fourth-order valence-electron chi connectivity index (χ4n) is 3.35. The van der Waals surface area contributed by atoms with Crippen LogP contribution in [0.4, 0.5) is 5.69 Å². The van der Waals surface area contributed by atoms with E-state index >= 15 is 0 Å². The highest BCUT2D eigenvalue weighted by Crippen LogP contribution is 2.40. The summed E-state index contributed by atoms with van der Waals surface area (Å²) in [4.78, 5) is 13.1. The molecular formula is C20H17N3O. The molecule has 0 bridgehead atoms. The summed E-state index contributed by atoms with van der Waals surface area (Å²) >= 11 is 0. The van der Waals surface area contributed by atoms with Crippen LogP contribution in [0.2, 0.25) is 0 Å². The van der Waals surface area contributed by atoms with Crippen LogP contribution in [0, 0.1) is 0 Å². The Morgan fingerprint density at radius 3 is 2.25 bits per heavy atom. The van der Waals surface area contributed by atoms with Crippen LogP contribution in [0.25, 0.3) is 16.3 Å². The number of ketones is 1. The van der Waals surface area contributed by atoms with Gasteiger partial charge in [0.05, 0.1) is 11.6 Å². The number of rotatable bonds is 2. The second-order valence-corrected chi connectivity index (χ2v) is 6.01. The average Bonchev–Trinajstić information content (AvgIpc) is 2.60.